The Morgan fingerprint density at radius 3 is 2.22 bits per heavy atom. The molecule has 0 aliphatic heterocycles. The summed E-state index contributed by atoms with van der Waals surface area (Å²) in [4.78, 5) is 0. The molecular formula is C24H33Cl2Zr-. The average Bonchev–Trinajstić information content (AvgIpc) is 3.07. The molecule has 0 spiro atoms. The smallest absolute Gasteiger partial charge is 1.00 e. The molecule has 4 aliphatic rings. The maximum atomic E-state index is 2.71. The van der Waals surface area contributed by atoms with Crippen molar-refractivity contribution < 1.29 is 49.0 Å². The van der Waals surface area contributed by atoms with Crippen molar-refractivity contribution in [3.8, 4) is 0 Å². The molecule has 0 aromatic rings. The van der Waals surface area contributed by atoms with E-state index in [1.807, 2.05) is 0 Å². The van der Waals surface area contributed by atoms with Gasteiger partial charge in [0, 0.05) is 0 Å². The summed E-state index contributed by atoms with van der Waals surface area (Å²) in [7, 11) is 0. The van der Waals surface area contributed by atoms with E-state index in [4.69, 9.17) is 0 Å². The maximum absolute atomic E-state index is 2.71. The Morgan fingerprint density at radius 1 is 1.00 bits per heavy atom. The third kappa shape index (κ3) is 5.46. The Labute approximate surface area is 194 Å². The van der Waals surface area contributed by atoms with Crippen molar-refractivity contribution in [2.24, 2.45) is 29.6 Å². The summed E-state index contributed by atoms with van der Waals surface area (Å²) in [6, 6.07) is 0. The zero-order valence-electron chi connectivity index (χ0n) is 17.4. The zero-order chi connectivity index (χ0) is 18.1. The fourth-order valence-corrected chi connectivity index (χ4v) is 5.43. The van der Waals surface area contributed by atoms with Crippen LogP contribution < -0.4 is 24.8 Å². The van der Waals surface area contributed by atoms with Gasteiger partial charge in [-0.1, -0.05) is 48.1 Å². The Kier molecular flexibility index (Phi) is 10.2. The molecule has 0 saturated heterocycles. The van der Waals surface area contributed by atoms with Gasteiger partial charge >= 0.3 is 41.3 Å². The molecule has 0 aromatic carbocycles. The first-order valence-corrected chi connectivity index (χ1v) is 11.2. The van der Waals surface area contributed by atoms with E-state index in [1.165, 1.54) is 28.9 Å². The molecule has 2 saturated carbocycles. The van der Waals surface area contributed by atoms with Crippen LogP contribution in [0.15, 0.2) is 46.6 Å². The molecule has 0 N–H and O–H groups in total. The van der Waals surface area contributed by atoms with Crippen LogP contribution in [0.2, 0.25) is 0 Å². The largest absolute Gasteiger partial charge is 1.00 e. The number of rotatable bonds is 1. The first-order valence-electron chi connectivity index (χ1n) is 9.98. The van der Waals surface area contributed by atoms with Gasteiger partial charge in [0.2, 0.25) is 0 Å². The van der Waals surface area contributed by atoms with Crippen LogP contribution in [0.1, 0.15) is 60.3 Å². The Hall–Kier alpha value is 0.293. The van der Waals surface area contributed by atoms with Crippen molar-refractivity contribution >= 4 is 3.21 Å². The van der Waals surface area contributed by atoms with Gasteiger partial charge in [-0.05, 0) is 56.6 Å². The molecule has 0 heterocycles. The van der Waals surface area contributed by atoms with E-state index < -0.39 is 0 Å². The Morgan fingerprint density at radius 2 is 1.63 bits per heavy atom. The second-order valence-electron chi connectivity index (χ2n) is 8.63. The van der Waals surface area contributed by atoms with Crippen molar-refractivity contribution in [2.45, 2.75) is 60.3 Å². The standard InChI is InChI=1S/C21H27.C3H6.2ClH.Zr/c1-13-11-20(15(3)14(13)2)19-10-6-9-18-17-8-5-4-7-16(17)12-21(18)19;1-3-2;;;/h4-5,7-8,12,16-19,21H,6,9-11H2,1-3H3;1-2H3;2*1H;/q-1;;;;+2/p-2. The van der Waals surface area contributed by atoms with Crippen LogP contribution in [-0.2, 0) is 24.2 Å². The zero-order valence-corrected chi connectivity index (χ0v) is 21.3. The van der Waals surface area contributed by atoms with Crippen LogP contribution in [0.5, 0.6) is 0 Å². The van der Waals surface area contributed by atoms with Gasteiger partial charge < -0.3 is 31.2 Å². The van der Waals surface area contributed by atoms with Crippen molar-refractivity contribution in [2.75, 3.05) is 0 Å². The molecule has 0 amide bonds. The normalized spacial score (nSPS) is 33.5. The molecule has 0 radical (unpaired) electrons. The molecule has 4 rings (SSSR count). The fraction of sp³-hybridized carbons (Fsp3) is 0.583. The summed E-state index contributed by atoms with van der Waals surface area (Å²) in [5.74, 6) is 4.05. The Balaban J connectivity index is 0.000000558. The predicted molar refractivity (Wildman–Crippen MR) is 106 cm³/mol. The van der Waals surface area contributed by atoms with Crippen LogP contribution in [0, 0.1) is 36.0 Å². The molecule has 3 heteroatoms. The molecule has 2 fully saturated rings. The predicted octanol–water partition coefficient (Wildman–Crippen LogP) is 0.405. The van der Waals surface area contributed by atoms with E-state index >= 15 is 0 Å². The van der Waals surface area contributed by atoms with Crippen LogP contribution >= 0.6 is 0 Å². The van der Waals surface area contributed by atoms with E-state index in [-0.39, 0.29) is 24.8 Å². The first kappa shape index (κ1) is 25.3. The molecule has 27 heavy (non-hydrogen) atoms. The van der Waals surface area contributed by atoms with Gasteiger partial charge in [-0.15, -0.1) is 12.0 Å². The summed E-state index contributed by atoms with van der Waals surface area (Å²) >= 11 is 1.55. The summed E-state index contributed by atoms with van der Waals surface area (Å²) in [6.45, 7) is 11.3. The van der Waals surface area contributed by atoms with Crippen molar-refractivity contribution in [3.63, 3.8) is 0 Å². The molecular weight excluding hydrogens is 450 g/mol. The number of halogens is 2. The summed E-state index contributed by atoms with van der Waals surface area (Å²) < 4.78 is 1.51. The molecule has 4 aliphatic carbocycles. The third-order valence-corrected chi connectivity index (χ3v) is 6.76. The number of hydrogen-bond donors (Lipinski definition) is 0. The second kappa shape index (κ2) is 10.9. The maximum Gasteiger partial charge on any atom is -1.00 e. The van der Waals surface area contributed by atoms with Crippen molar-refractivity contribution in [3.05, 3.63) is 53.0 Å². The van der Waals surface area contributed by atoms with E-state index in [0.29, 0.717) is 5.92 Å². The van der Waals surface area contributed by atoms with E-state index in [9.17, 15) is 0 Å². The fourth-order valence-electron chi connectivity index (χ4n) is 5.43. The average molecular weight is 484 g/mol. The Bertz CT molecular complexity index is 664. The van der Waals surface area contributed by atoms with Gasteiger partial charge in [-0.3, -0.25) is 0 Å². The van der Waals surface area contributed by atoms with Crippen LogP contribution in [0.4, 0.5) is 0 Å². The van der Waals surface area contributed by atoms with Gasteiger partial charge in [-0.2, -0.15) is 5.92 Å². The van der Waals surface area contributed by atoms with Gasteiger partial charge in [0.1, 0.15) is 0 Å². The van der Waals surface area contributed by atoms with Gasteiger partial charge in [0.25, 0.3) is 0 Å². The van der Waals surface area contributed by atoms with Crippen LogP contribution in [0.25, 0.3) is 0 Å². The number of fused-ring (bicyclic) bond motifs is 3. The number of hydrogen-bond acceptors (Lipinski definition) is 0. The van der Waals surface area contributed by atoms with Gasteiger partial charge in [0.15, 0.2) is 0 Å². The summed E-state index contributed by atoms with van der Waals surface area (Å²) in [5.41, 5.74) is 6.58. The molecule has 5 unspecified atom stereocenters. The molecule has 5 atom stereocenters. The van der Waals surface area contributed by atoms with Gasteiger partial charge in [-0.25, -0.2) is 0 Å². The topological polar surface area (TPSA) is 0 Å². The van der Waals surface area contributed by atoms with Crippen LogP contribution in [-0.4, -0.2) is 3.21 Å². The summed E-state index contributed by atoms with van der Waals surface area (Å²) in [6.07, 6.45) is 17.7. The first-order chi connectivity index (χ1) is 11.9. The molecule has 148 valence electrons. The minimum Gasteiger partial charge on any atom is -1.00 e. The van der Waals surface area contributed by atoms with Crippen molar-refractivity contribution in [1.82, 2.24) is 0 Å². The summed E-state index contributed by atoms with van der Waals surface area (Å²) in [5, 5.41) is 0. The SMILES string of the molecule is CC1=C(C)C(C)=C(C2CCCC3C4C=CC=CC4[CH-]C23)C1.C[C](C)=[Zr+2].[Cl-].[Cl-]. The molecule has 0 bridgehead atoms. The number of allylic oxidation sites excluding steroid dienone is 8. The van der Waals surface area contributed by atoms with Crippen molar-refractivity contribution in [1.29, 1.82) is 0 Å². The van der Waals surface area contributed by atoms with E-state index in [0.717, 1.165) is 23.7 Å². The monoisotopic (exact) mass is 481 g/mol. The van der Waals surface area contributed by atoms with E-state index in [2.05, 4.69) is 65.3 Å². The quantitative estimate of drug-likeness (QED) is 0.474. The van der Waals surface area contributed by atoms with Gasteiger partial charge in [0.05, 0.1) is 0 Å². The second-order valence-corrected chi connectivity index (χ2v) is 11.1. The minimum atomic E-state index is 0. The minimum absolute atomic E-state index is 0. The molecule has 0 aromatic heterocycles. The molecule has 0 nitrogen and oxygen atoms in total. The third-order valence-electron chi connectivity index (χ3n) is 6.76. The van der Waals surface area contributed by atoms with Crippen LogP contribution in [0.3, 0.4) is 0 Å². The van der Waals surface area contributed by atoms with E-state index in [1.54, 1.807) is 46.5 Å².